The number of rotatable bonds is 9. The summed E-state index contributed by atoms with van der Waals surface area (Å²) in [5, 5.41) is 0.448. The molecule has 0 radical (unpaired) electrons. The van der Waals surface area contributed by atoms with Gasteiger partial charge in [0.25, 0.3) is 5.56 Å². The molecule has 3 aromatic carbocycles. The second-order valence-electron chi connectivity index (χ2n) is 8.79. The van der Waals surface area contributed by atoms with Crippen LogP contribution in [0.4, 0.5) is 13.2 Å². The molecule has 0 unspecified atom stereocenters. The summed E-state index contributed by atoms with van der Waals surface area (Å²) < 4.78 is 45.9. The predicted octanol–water partition coefficient (Wildman–Crippen LogP) is 5.57. The van der Waals surface area contributed by atoms with Gasteiger partial charge in [-0.2, -0.15) is 13.2 Å². The Kier molecular flexibility index (Phi) is 8.26. The molecular formula is C29H28F3N3O3. The molecule has 4 rings (SSSR count). The Hall–Kier alpha value is -3.98. The summed E-state index contributed by atoms with van der Waals surface area (Å²) in [4.78, 5) is 33.5. The monoisotopic (exact) mass is 523 g/mol. The van der Waals surface area contributed by atoms with Crippen molar-refractivity contribution in [3.8, 4) is 5.69 Å². The molecule has 38 heavy (non-hydrogen) atoms. The molecule has 4 aromatic rings. The van der Waals surface area contributed by atoms with E-state index >= 15 is 0 Å². The van der Waals surface area contributed by atoms with E-state index in [1.807, 2.05) is 25.1 Å². The number of carbonyl (C=O) groups is 1. The average Bonchev–Trinajstić information content (AvgIpc) is 2.91. The van der Waals surface area contributed by atoms with Crippen LogP contribution in [0, 0.1) is 0 Å². The number of hydrogen-bond donors (Lipinski definition) is 0. The molecule has 1 amide bonds. The van der Waals surface area contributed by atoms with E-state index in [9.17, 15) is 22.8 Å². The molecule has 1 aromatic heterocycles. The quantitative estimate of drug-likeness (QED) is 0.269. The van der Waals surface area contributed by atoms with E-state index in [0.717, 1.165) is 12.1 Å². The van der Waals surface area contributed by atoms with Crippen LogP contribution in [0.1, 0.15) is 36.8 Å². The molecule has 6 nitrogen and oxygen atoms in total. The van der Waals surface area contributed by atoms with Crippen LogP contribution in [0.15, 0.2) is 83.7 Å². The van der Waals surface area contributed by atoms with Gasteiger partial charge in [-0.1, -0.05) is 42.5 Å². The molecule has 0 spiro atoms. The maximum Gasteiger partial charge on any atom is 0.416 e. The van der Waals surface area contributed by atoms with Crippen LogP contribution in [-0.2, 0) is 22.1 Å². The second-order valence-corrected chi connectivity index (χ2v) is 8.79. The van der Waals surface area contributed by atoms with Crippen molar-refractivity contribution in [2.45, 2.75) is 32.5 Å². The number of fused-ring (bicyclic) bond motifs is 1. The third-order valence-corrected chi connectivity index (χ3v) is 6.29. The summed E-state index contributed by atoms with van der Waals surface area (Å²) in [6.07, 6.45) is -4.57. The fourth-order valence-electron chi connectivity index (χ4n) is 4.33. The van der Waals surface area contributed by atoms with Crippen LogP contribution < -0.4 is 5.56 Å². The van der Waals surface area contributed by atoms with E-state index in [1.54, 1.807) is 48.2 Å². The first-order valence-corrected chi connectivity index (χ1v) is 12.3. The summed E-state index contributed by atoms with van der Waals surface area (Å²) in [6, 6.07) is 20.0. The average molecular weight is 524 g/mol. The maximum absolute atomic E-state index is 13.6. The summed E-state index contributed by atoms with van der Waals surface area (Å²) in [7, 11) is 0. The third kappa shape index (κ3) is 5.94. The van der Waals surface area contributed by atoms with Crippen molar-refractivity contribution in [2.24, 2.45) is 0 Å². The molecule has 0 saturated carbocycles. The van der Waals surface area contributed by atoms with Gasteiger partial charge < -0.3 is 9.64 Å². The molecule has 0 saturated heterocycles. The molecule has 0 aliphatic rings. The standard InChI is InChI=1S/C29H28F3N3O3/c1-3-38-18-17-34(26(36)19-21-13-15-22(16-14-21)29(30,31)32)20(2)27-33-25-12-8-7-11-24(25)28(37)35(27)23-9-5-4-6-10-23/h4-16,20H,3,17-19H2,1-2H3/t20-/m1/s1. The van der Waals surface area contributed by atoms with Crippen LogP contribution in [0.25, 0.3) is 16.6 Å². The van der Waals surface area contributed by atoms with Crippen LogP contribution in [0.5, 0.6) is 0 Å². The second kappa shape index (κ2) is 11.6. The molecule has 0 bridgehead atoms. The smallest absolute Gasteiger partial charge is 0.380 e. The number of halogens is 3. The van der Waals surface area contributed by atoms with Gasteiger partial charge in [-0.05, 0) is 55.8 Å². The number of benzene rings is 3. The van der Waals surface area contributed by atoms with Crippen LogP contribution in [0.2, 0.25) is 0 Å². The molecule has 1 atom stereocenters. The van der Waals surface area contributed by atoms with Crippen molar-refractivity contribution in [1.82, 2.24) is 14.5 Å². The molecule has 9 heteroatoms. The highest BCUT2D eigenvalue weighted by Crippen LogP contribution is 2.29. The van der Waals surface area contributed by atoms with Crippen molar-refractivity contribution < 1.29 is 22.7 Å². The molecule has 198 valence electrons. The predicted molar refractivity (Wildman–Crippen MR) is 139 cm³/mol. The van der Waals surface area contributed by atoms with Crippen LogP contribution in [0.3, 0.4) is 0 Å². The first kappa shape index (κ1) is 27.1. The van der Waals surface area contributed by atoms with E-state index in [4.69, 9.17) is 9.72 Å². The summed E-state index contributed by atoms with van der Waals surface area (Å²) >= 11 is 0. The van der Waals surface area contributed by atoms with E-state index in [1.165, 1.54) is 16.7 Å². The third-order valence-electron chi connectivity index (χ3n) is 6.29. The molecule has 1 heterocycles. The zero-order valence-electron chi connectivity index (χ0n) is 21.1. The summed E-state index contributed by atoms with van der Waals surface area (Å²) in [5.74, 6) is 0.0520. The van der Waals surface area contributed by atoms with Gasteiger partial charge >= 0.3 is 6.18 Å². The lowest BCUT2D eigenvalue weighted by Gasteiger charge is -2.30. The van der Waals surface area contributed by atoms with Crippen molar-refractivity contribution in [2.75, 3.05) is 19.8 Å². The molecule has 0 N–H and O–H groups in total. The van der Waals surface area contributed by atoms with E-state index in [-0.39, 0.29) is 31.0 Å². The van der Waals surface area contributed by atoms with E-state index in [0.29, 0.717) is 34.6 Å². The Morgan fingerprint density at radius 1 is 1.00 bits per heavy atom. The fourth-order valence-corrected chi connectivity index (χ4v) is 4.33. The van der Waals surface area contributed by atoms with Gasteiger partial charge in [-0.25, -0.2) is 4.98 Å². The first-order valence-electron chi connectivity index (χ1n) is 12.3. The van der Waals surface area contributed by atoms with Gasteiger partial charge in [0.05, 0.1) is 41.2 Å². The minimum absolute atomic E-state index is 0.113. The number of amides is 1. The number of carbonyl (C=O) groups excluding carboxylic acids is 1. The van der Waals surface area contributed by atoms with Crippen molar-refractivity contribution in [3.05, 3.63) is 106 Å². The Labute approximate surface area is 218 Å². The Morgan fingerprint density at radius 3 is 2.32 bits per heavy atom. The minimum Gasteiger partial charge on any atom is -0.380 e. The molecule has 0 fully saturated rings. The van der Waals surface area contributed by atoms with Crippen molar-refractivity contribution >= 4 is 16.8 Å². The normalized spacial score (nSPS) is 12.4. The number of para-hydroxylation sites is 2. The maximum atomic E-state index is 13.6. The molecule has 0 aliphatic carbocycles. The minimum atomic E-state index is -4.45. The van der Waals surface area contributed by atoms with Crippen molar-refractivity contribution in [3.63, 3.8) is 0 Å². The molecular weight excluding hydrogens is 495 g/mol. The highest BCUT2D eigenvalue weighted by atomic mass is 19.4. The van der Waals surface area contributed by atoms with Gasteiger partial charge in [-0.3, -0.25) is 14.2 Å². The zero-order chi connectivity index (χ0) is 27.3. The number of nitrogens with zero attached hydrogens (tertiary/aromatic N) is 3. The highest BCUT2D eigenvalue weighted by molar-refractivity contribution is 5.80. The SMILES string of the molecule is CCOCCN(C(=O)Cc1ccc(C(F)(F)F)cc1)[C@H](C)c1nc2ccccc2c(=O)n1-c1ccccc1. The van der Waals surface area contributed by atoms with Gasteiger partial charge in [0.1, 0.15) is 5.82 Å². The Morgan fingerprint density at radius 2 is 1.66 bits per heavy atom. The van der Waals surface area contributed by atoms with Gasteiger partial charge in [0.2, 0.25) is 5.91 Å². The van der Waals surface area contributed by atoms with Crippen LogP contribution >= 0.6 is 0 Å². The van der Waals surface area contributed by atoms with Crippen molar-refractivity contribution in [1.29, 1.82) is 0 Å². The lowest BCUT2D eigenvalue weighted by atomic mass is 10.1. The number of ether oxygens (including phenoxy) is 1. The first-order chi connectivity index (χ1) is 18.2. The van der Waals surface area contributed by atoms with Gasteiger partial charge in [0, 0.05) is 13.2 Å². The largest absolute Gasteiger partial charge is 0.416 e. The summed E-state index contributed by atoms with van der Waals surface area (Å²) in [6.45, 7) is 4.55. The number of aromatic nitrogens is 2. The van der Waals surface area contributed by atoms with Crippen LogP contribution in [-0.4, -0.2) is 40.1 Å². The topological polar surface area (TPSA) is 64.4 Å². The Balaban J connectivity index is 1.74. The lowest BCUT2D eigenvalue weighted by molar-refractivity contribution is -0.137. The fraction of sp³-hybridized carbons (Fsp3) is 0.276. The molecule has 0 aliphatic heterocycles. The van der Waals surface area contributed by atoms with Gasteiger partial charge in [0.15, 0.2) is 0 Å². The van der Waals surface area contributed by atoms with E-state index in [2.05, 4.69) is 0 Å². The van der Waals surface area contributed by atoms with E-state index < -0.39 is 17.8 Å². The summed E-state index contributed by atoms with van der Waals surface area (Å²) in [5.41, 5.74) is 0.527. The lowest BCUT2D eigenvalue weighted by Crippen LogP contribution is -2.40. The highest BCUT2D eigenvalue weighted by Gasteiger charge is 2.31. The number of hydrogen-bond acceptors (Lipinski definition) is 4. The van der Waals surface area contributed by atoms with Gasteiger partial charge in [-0.15, -0.1) is 0 Å². The zero-order valence-corrected chi connectivity index (χ0v) is 21.1. The number of alkyl halides is 3. The Bertz CT molecular complexity index is 1450.